The lowest BCUT2D eigenvalue weighted by Crippen LogP contribution is -2.27. The van der Waals surface area contributed by atoms with Gasteiger partial charge in [-0.3, -0.25) is 0 Å². The Labute approximate surface area is 120 Å². The van der Waals surface area contributed by atoms with E-state index in [1.165, 1.54) is 0 Å². The van der Waals surface area contributed by atoms with Gasteiger partial charge in [-0.25, -0.2) is 4.98 Å². The molecule has 0 atom stereocenters. The lowest BCUT2D eigenvalue weighted by molar-refractivity contribution is 0.101. The van der Waals surface area contributed by atoms with Gasteiger partial charge >= 0.3 is 0 Å². The first-order valence-electron chi connectivity index (χ1n) is 7.25. The number of anilines is 1. The molecule has 2 aromatic rings. The van der Waals surface area contributed by atoms with Crippen LogP contribution in [0, 0.1) is 0 Å². The SMILES string of the molecule is CCCNc1nc(OC(C)(C)CC)c2ccccc2n1. The maximum absolute atomic E-state index is 6.09. The molecule has 0 aliphatic heterocycles. The molecule has 20 heavy (non-hydrogen) atoms. The summed E-state index contributed by atoms with van der Waals surface area (Å²) in [7, 11) is 0. The Hall–Kier alpha value is -1.84. The summed E-state index contributed by atoms with van der Waals surface area (Å²) >= 11 is 0. The monoisotopic (exact) mass is 273 g/mol. The largest absolute Gasteiger partial charge is 0.471 e. The van der Waals surface area contributed by atoms with Crippen molar-refractivity contribution in [2.75, 3.05) is 11.9 Å². The van der Waals surface area contributed by atoms with E-state index >= 15 is 0 Å². The molecule has 108 valence electrons. The summed E-state index contributed by atoms with van der Waals surface area (Å²) in [6, 6.07) is 7.95. The molecule has 1 aromatic carbocycles. The van der Waals surface area contributed by atoms with Crippen LogP contribution in [0.2, 0.25) is 0 Å². The minimum atomic E-state index is -0.237. The van der Waals surface area contributed by atoms with Gasteiger partial charge in [-0.15, -0.1) is 0 Å². The Morgan fingerprint density at radius 2 is 1.90 bits per heavy atom. The van der Waals surface area contributed by atoms with Crippen LogP contribution >= 0.6 is 0 Å². The second-order valence-corrected chi connectivity index (χ2v) is 5.51. The molecule has 4 nitrogen and oxygen atoms in total. The van der Waals surface area contributed by atoms with E-state index in [4.69, 9.17) is 4.74 Å². The second-order valence-electron chi connectivity index (χ2n) is 5.51. The van der Waals surface area contributed by atoms with Crippen molar-refractivity contribution in [3.05, 3.63) is 24.3 Å². The number of fused-ring (bicyclic) bond motifs is 1. The quantitative estimate of drug-likeness (QED) is 0.863. The zero-order chi connectivity index (χ0) is 14.6. The predicted molar refractivity (Wildman–Crippen MR) is 83.3 cm³/mol. The summed E-state index contributed by atoms with van der Waals surface area (Å²) < 4.78 is 6.09. The van der Waals surface area contributed by atoms with Crippen LogP contribution in [0.3, 0.4) is 0 Å². The van der Waals surface area contributed by atoms with Gasteiger partial charge < -0.3 is 10.1 Å². The van der Waals surface area contributed by atoms with Gasteiger partial charge in [0.05, 0.1) is 10.9 Å². The van der Waals surface area contributed by atoms with E-state index in [0.29, 0.717) is 11.8 Å². The molecule has 0 radical (unpaired) electrons. The summed E-state index contributed by atoms with van der Waals surface area (Å²) in [4.78, 5) is 9.05. The molecule has 1 N–H and O–H groups in total. The Morgan fingerprint density at radius 3 is 2.60 bits per heavy atom. The third-order valence-corrected chi connectivity index (χ3v) is 3.33. The summed E-state index contributed by atoms with van der Waals surface area (Å²) in [6.07, 6.45) is 1.95. The first-order valence-corrected chi connectivity index (χ1v) is 7.25. The standard InChI is InChI=1S/C16H23N3O/c1-5-11-17-15-18-13-10-8-7-9-12(13)14(19-15)20-16(3,4)6-2/h7-10H,5-6,11H2,1-4H3,(H,17,18,19). The molecule has 0 saturated heterocycles. The third-order valence-electron chi connectivity index (χ3n) is 3.33. The first-order chi connectivity index (χ1) is 9.55. The zero-order valence-electron chi connectivity index (χ0n) is 12.7. The van der Waals surface area contributed by atoms with Crippen LogP contribution in [0.15, 0.2) is 24.3 Å². The molecule has 0 unspecified atom stereocenters. The van der Waals surface area contributed by atoms with E-state index in [2.05, 4.69) is 43.0 Å². The number of rotatable bonds is 6. The number of aromatic nitrogens is 2. The molecule has 0 saturated carbocycles. The summed E-state index contributed by atoms with van der Waals surface area (Å²) in [5.41, 5.74) is 0.669. The van der Waals surface area contributed by atoms with E-state index in [-0.39, 0.29) is 5.60 Å². The number of hydrogen-bond donors (Lipinski definition) is 1. The van der Waals surface area contributed by atoms with Crippen LogP contribution in [0.25, 0.3) is 10.9 Å². The molecule has 0 fully saturated rings. The second kappa shape index (κ2) is 6.07. The number of ether oxygens (including phenoxy) is 1. The van der Waals surface area contributed by atoms with Crippen molar-refractivity contribution >= 4 is 16.9 Å². The molecule has 0 amide bonds. The molecule has 1 aromatic heterocycles. The normalized spacial score (nSPS) is 11.6. The summed E-state index contributed by atoms with van der Waals surface area (Å²) in [5, 5.41) is 4.18. The first kappa shape index (κ1) is 14.6. The molecule has 0 aliphatic carbocycles. The predicted octanol–water partition coefficient (Wildman–Crippen LogP) is 4.02. The van der Waals surface area contributed by atoms with Gasteiger partial charge in [-0.2, -0.15) is 4.98 Å². The smallest absolute Gasteiger partial charge is 0.226 e. The Morgan fingerprint density at radius 1 is 1.15 bits per heavy atom. The van der Waals surface area contributed by atoms with Gasteiger partial charge in [0.25, 0.3) is 0 Å². The van der Waals surface area contributed by atoms with Gasteiger partial charge in [-0.1, -0.05) is 26.0 Å². The van der Waals surface area contributed by atoms with E-state index in [0.717, 1.165) is 30.3 Å². The summed E-state index contributed by atoms with van der Waals surface area (Å²) in [6.45, 7) is 9.23. The van der Waals surface area contributed by atoms with Crippen LogP contribution in [0.1, 0.15) is 40.5 Å². The minimum absolute atomic E-state index is 0.237. The number of benzene rings is 1. The topological polar surface area (TPSA) is 47.0 Å². The molecule has 1 heterocycles. The third kappa shape index (κ3) is 3.38. The van der Waals surface area contributed by atoms with Crippen molar-refractivity contribution < 1.29 is 4.74 Å². The van der Waals surface area contributed by atoms with E-state index in [1.54, 1.807) is 0 Å². The van der Waals surface area contributed by atoms with Crippen molar-refractivity contribution in [1.82, 2.24) is 9.97 Å². The minimum Gasteiger partial charge on any atom is -0.471 e. The van der Waals surface area contributed by atoms with Crippen molar-refractivity contribution in [1.29, 1.82) is 0 Å². The van der Waals surface area contributed by atoms with Gasteiger partial charge in [0.15, 0.2) is 0 Å². The highest BCUT2D eigenvalue weighted by atomic mass is 16.5. The van der Waals surface area contributed by atoms with E-state index in [1.807, 2.05) is 24.3 Å². The average Bonchev–Trinajstić information content (AvgIpc) is 2.45. The molecule has 0 aliphatic rings. The summed E-state index contributed by atoms with van der Waals surface area (Å²) in [5.74, 6) is 1.29. The van der Waals surface area contributed by atoms with Crippen LogP contribution in [-0.4, -0.2) is 22.1 Å². The van der Waals surface area contributed by atoms with Crippen LogP contribution in [0.4, 0.5) is 5.95 Å². The maximum Gasteiger partial charge on any atom is 0.226 e. The fourth-order valence-electron chi connectivity index (χ4n) is 1.78. The molecular formula is C16H23N3O. The lowest BCUT2D eigenvalue weighted by atomic mass is 10.1. The van der Waals surface area contributed by atoms with Crippen LogP contribution < -0.4 is 10.1 Å². The van der Waals surface area contributed by atoms with Gasteiger partial charge in [0.2, 0.25) is 11.8 Å². The molecule has 4 heteroatoms. The van der Waals surface area contributed by atoms with Gasteiger partial charge in [0, 0.05) is 6.54 Å². The number of hydrogen-bond acceptors (Lipinski definition) is 4. The van der Waals surface area contributed by atoms with Crippen molar-refractivity contribution in [3.63, 3.8) is 0 Å². The van der Waals surface area contributed by atoms with Crippen molar-refractivity contribution in [3.8, 4) is 5.88 Å². The van der Waals surface area contributed by atoms with Gasteiger partial charge in [-0.05, 0) is 38.8 Å². The lowest BCUT2D eigenvalue weighted by Gasteiger charge is -2.25. The fourth-order valence-corrected chi connectivity index (χ4v) is 1.78. The Bertz CT molecular complexity index is 581. The maximum atomic E-state index is 6.09. The van der Waals surface area contributed by atoms with E-state index in [9.17, 15) is 0 Å². The van der Waals surface area contributed by atoms with Crippen LogP contribution in [0.5, 0.6) is 5.88 Å². The van der Waals surface area contributed by atoms with Gasteiger partial charge in [0.1, 0.15) is 5.60 Å². The number of nitrogens with one attached hydrogen (secondary N) is 1. The molecule has 2 rings (SSSR count). The number of nitrogens with zero attached hydrogens (tertiary/aromatic N) is 2. The Balaban J connectivity index is 2.43. The highest BCUT2D eigenvalue weighted by Gasteiger charge is 2.20. The fraction of sp³-hybridized carbons (Fsp3) is 0.500. The molecule has 0 bridgehead atoms. The van der Waals surface area contributed by atoms with Crippen LogP contribution in [-0.2, 0) is 0 Å². The van der Waals surface area contributed by atoms with Crippen molar-refractivity contribution in [2.45, 2.75) is 46.1 Å². The average molecular weight is 273 g/mol. The molecular weight excluding hydrogens is 250 g/mol. The van der Waals surface area contributed by atoms with Crippen molar-refractivity contribution in [2.24, 2.45) is 0 Å². The molecule has 0 spiro atoms. The number of para-hydroxylation sites is 1. The van der Waals surface area contributed by atoms with E-state index < -0.39 is 0 Å². The Kier molecular flexibility index (Phi) is 4.42. The highest BCUT2D eigenvalue weighted by Crippen LogP contribution is 2.28. The highest BCUT2D eigenvalue weighted by molar-refractivity contribution is 5.84. The zero-order valence-corrected chi connectivity index (χ0v) is 12.7.